The van der Waals surface area contributed by atoms with Gasteiger partial charge in [0.05, 0.1) is 6.10 Å². The Hall–Kier alpha value is -0.0400. The molecule has 0 amide bonds. The second-order valence-corrected chi connectivity index (χ2v) is 5.69. The molecule has 3 atom stereocenters. The van der Waals surface area contributed by atoms with Crippen LogP contribution >= 0.6 is 0 Å². The van der Waals surface area contributed by atoms with E-state index in [4.69, 9.17) is 0 Å². The highest BCUT2D eigenvalue weighted by Crippen LogP contribution is 2.48. The molecule has 2 saturated carbocycles. The maximum absolute atomic E-state index is 10.3. The molecule has 2 aliphatic carbocycles. The number of hydrogen-bond donors (Lipinski definition) is 1. The standard InChI is InChI=1S/C14H26O/c1-2-3-7-12-10-13(12)14(15)11-8-5-4-6-9-11/h11-15H,2-10H2,1H3/t12-,13-,14+/m0/s1. The van der Waals surface area contributed by atoms with E-state index in [-0.39, 0.29) is 6.10 Å². The van der Waals surface area contributed by atoms with Gasteiger partial charge < -0.3 is 5.11 Å². The van der Waals surface area contributed by atoms with Crippen molar-refractivity contribution in [2.24, 2.45) is 17.8 Å². The van der Waals surface area contributed by atoms with Gasteiger partial charge in [0, 0.05) is 0 Å². The molecule has 1 N–H and O–H groups in total. The Bertz CT molecular complexity index is 184. The van der Waals surface area contributed by atoms with Gasteiger partial charge in [-0.1, -0.05) is 45.4 Å². The monoisotopic (exact) mass is 210 g/mol. The summed E-state index contributed by atoms with van der Waals surface area (Å²) in [7, 11) is 0. The van der Waals surface area contributed by atoms with Crippen molar-refractivity contribution in [3.05, 3.63) is 0 Å². The summed E-state index contributed by atoms with van der Waals surface area (Å²) in [6.07, 6.45) is 12.1. The summed E-state index contributed by atoms with van der Waals surface area (Å²) in [5.74, 6) is 2.21. The highest BCUT2D eigenvalue weighted by Gasteiger charge is 2.44. The van der Waals surface area contributed by atoms with Gasteiger partial charge in [0.15, 0.2) is 0 Å². The zero-order valence-electron chi connectivity index (χ0n) is 10.1. The lowest BCUT2D eigenvalue weighted by Gasteiger charge is -2.26. The van der Waals surface area contributed by atoms with Crippen LogP contribution in [0.25, 0.3) is 0 Å². The van der Waals surface area contributed by atoms with Crippen molar-refractivity contribution in [3.63, 3.8) is 0 Å². The summed E-state index contributed by atoms with van der Waals surface area (Å²) in [6.45, 7) is 2.26. The molecule has 0 aromatic rings. The van der Waals surface area contributed by atoms with Crippen molar-refractivity contribution < 1.29 is 5.11 Å². The molecule has 2 fully saturated rings. The number of aliphatic hydroxyl groups is 1. The molecule has 0 radical (unpaired) electrons. The van der Waals surface area contributed by atoms with E-state index in [9.17, 15) is 5.11 Å². The maximum Gasteiger partial charge on any atom is 0.0599 e. The van der Waals surface area contributed by atoms with Crippen LogP contribution in [0.15, 0.2) is 0 Å². The average Bonchev–Trinajstić information content (AvgIpc) is 3.06. The molecule has 0 aromatic heterocycles. The van der Waals surface area contributed by atoms with Crippen LogP contribution in [0.3, 0.4) is 0 Å². The summed E-state index contributed by atoms with van der Waals surface area (Å²) >= 11 is 0. The molecule has 0 unspecified atom stereocenters. The molecule has 1 nitrogen and oxygen atoms in total. The van der Waals surface area contributed by atoms with Gasteiger partial charge in [-0.15, -0.1) is 0 Å². The minimum absolute atomic E-state index is 0.0483. The molecule has 0 aromatic carbocycles. The Balaban J connectivity index is 1.70. The quantitative estimate of drug-likeness (QED) is 0.732. The lowest BCUT2D eigenvalue weighted by Crippen LogP contribution is -2.25. The van der Waals surface area contributed by atoms with E-state index in [2.05, 4.69) is 6.92 Å². The summed E-state index contributed by atoms with van der Waals surface area (Å²) in [4.78, 5) is 0. The van der Waals surface area contributed by atoms with Crippen molar-refractivity contribution in [2.75, 3.05) is 0 Å². The smallest absolute Gasteiger partial charge is 0.0599 e. The van der Waals surface area contributed by atoms with Crippen LogP contribution in [0, 0.1) is 17.8 Å². The Morgan fingerprint density at radius 2 is 1.93 bits per heavy atom. The minimum Gasteiger partial charge on any atom is -0.393 e. The molecule has 15 heavy (non-hydrogen) atoms. The second-order valence-electron chi connectivity index (χ2n) is 5.69. The van der Waals surface area contributed by atoms with Gasteiger partial charge in [0.1, 0.15) is 0 Å². The third kappa shape index (κ3) is 2.96. The van der Waals surface area contributed by atoms with Gasteiger partial charge in [-0.2, -0.15) is 0 Å². The average molecular weight is 210 g/mol. The van der Waals surface area contributed by atoms with Crippen molar-refractivity contribution >= 4 is 0 Å². The Morgan fingerprint density at radius 3 is 2.60 bits per heavy atom. The third-order valence-corrected chi connectivity index (χ3v) is 4.48. The van der Waals surface area contributed by atoms with Crippen LogP contribution in [0.1, 0.15) is 64.7 Å². The Kier molecular flexibility index (Phi) is 4.07. The maximum atomic E-state index is 10.3. The van der Waals surface area contributed by atoms with E-state index >= 15 is 0 Å². The van der Waals surface area contributed by atoms with E-state index in [0.29, 0.717) is 11.8 Å². The zero-order valence-corrected chi connectivity index (χ0v) is 10.1. The topological polar surface area (TPSA) is 20.2 Å². The number of hydrogen-bond acceptors (Lipinski definition) is 1. The molecule has 0 aliphatic heterocycles. The van der Waals surface area contributed by atoms with Gasteiger partial charge in [0.2, 0.25) is 0 Å². The summed E-state index contributed by atoms with van der Waals surface area (Å²) in [6, 6.07) is 0. The summed E-state index contributed by atoms with van der Waals surface area (Å²) in [5.41, 5.74) is 0. The van der Waals surface area contributed by atoms with Gasteiger partial charge in [0.25, 0.3) is 0 Å². The predicted octanol–water partition coefficient (Wildman–Crippen LogP) is 3.75. The second kappa shape index (κ2) is 5.34. The molecule has 2 aliphatic rings. The fourth-order valence-electron chi connectivity index (χ4n) is 3.31. The molecule has 0 spiro atoms. The highest BCUT2D eigenvalue weighted by atomic mass is 16.3. The van der Waals surface area contributed by atoms with Crippen molar-refractivity contribution in [2.45, 2.75) is 70.8 Å². The number of unbranched alkanes of at least 4 members (excludes halogenated alkanes) is 1. The van der Waals surface area contributed by atoms with Crippen molar-refractivity contribution in [3.8, 4) is 0 Å². The van der Waals surface area contributed by atoms with Gasteiger partial charge in [-0.05, 0) is 37.0 Å². The molecule has 0 saturated heterocycles. The van der Waals surface area contributed by atoms with Crippen molar-refractivity contribution in [1.29, 1.82) is 0 Å². The largest absolute Gasteiger partial charge is 0.393 e. The lowest BCUT2D eigenvalue weighted by molar-refractivity contribution is 0.0607. The SMILES string of the molecule is CCCC[C@H]1C[C@@H]1[C@H](O)C1CCCCC1. The van der Waals surface area contributed by atoms with Crippen LogP contribution in [0.5, 0.6) is 0 Å². The molecule has 1 heteroatoms. The van der Waals surface area contributed by atoms with E-state index in [1.807, 2.05) is 0 Å². The normalized spacial score (nSPS) is 34.0. The Morgan fingerprint density at radius 1 is 1.20 bits per heavy atom. The van der Waals surface area contributed by atoms with Gasteiger partial charge in [-0.25, -0.2) is 0 Å². The Labute approximate surface area is 94.3 Å². The minimum atomic E-state index is 0.0483. The van der Waals surface area contributed by atoms with Crippen LogP contribution in [-0.4, -0.2) is 11.2 Å². The van der Waals surface area contributed by atoms with Crippen LogP contribution in [0.2, 0.25) is 0 Å². The van der Waals surface area contributed by atoms with Gasteiger partial charge in [-0.3, -0.25) is 0 Å². The van der Waals surface area contributed by atoms with E-state index in [1.54, 1.807) is 0 Å². The first kappa shape index (κ1) is 11.4. The molecular weight excluding hydrogens is 184 g/mol. The van der Waals surface area contributed by atoms with Gasteiger partial charge >= 0.3 is 0 Å². The van der Waals surface area contributed by atoms with Crippen LogP contribution < -0.4 is 0 Å². The molecular formula is C14H26O. The lowest BCUT2D eigenvalue weighted by atomic mass is 9.83. The first-order chi connectivity index (χ1) is 7.33. The first-order valence-corrected chi connectivity index (χ1v) is 7.01. The fraction of sp³-hybridized carbons (Fsp3) is 1.00. The van der Waals surface area contributed by atoms with E-state index in [0.717, 1.165) is 5.92 Å². The first-order valence-electron chi connectivity index (χ1n) is 7.01. The molecule has 2 rings (SSSR count). The van der Waals surface area contributed by atoms with E-state index < -0.39 is 0 Å². The van der Waals surface area contributed by atoms with Crippen LogP contribution in [-0.2, 0) is 0 Å². The predicted molar refractivity (Wildman–Crippen MR) is 63.7 cm³/mol. The number of aliphatic hydroxyl groups excluding tert-OH is 1. The van der Waals surface area contributed by atoms with E-state index in [1.165, 1.54) is 57.8 Å². The summed E-state index contributed by atoms with van der Waals surface area (Å²) in [5, 5.41) is 10.3. The molecule has 88 valence electrons. The molecule has 0 bridgehead atoms. The number of rotatable bonds is 5. The molecule has 0 heterocycles. The zero-order chi connectivity index (χ0) is 10.7. The van der Waals surface area contributed by atoms with Crippen LogP contribution in [0.4, 0.5) is 0 Å². The fourth-order valence-corrected chi connectivity index (χ4v) is 3.31. The third-order valence-electron chi connectivity index (χ3n) is 4.48. The van der Waals surface area contributed by atoms with Crippen molar-refractivity contribution in [1.82, 2.24) is 0 Å². The summed E-state index contributed by atoms with van der Waals surface area (Å²) < 4.78 is 0. The highest BCUT2D eigenvalue weighted by molar-refractivity contribution is 4.94.